The van der Waals surface area contributed by atoms with E-state index in [4.69, 9.17) is 0 Å². The summed E-state index contributed by atoms with van der Waals surface area (Å²) in [5.74, 6) is 2.57. The smallest absolute Gasteiger partial charge is 0.136 e. The number of benzene rings is 2. The van der Waals surface area contributed by atoms with Gasteiger partial charge in [0.25, 0.3) is 0 Å². The number of nitrogens with zero attached hydrogens (tertiary/aromatic N) is 3. The molecule has 3 aromatic rings. The Labute approximate surface area is 156 Å². The molecule has 4 nitrogen and oxygen atoms in total. The number of para-hydroxylation sites is 1. The fourth-order valence-electron chi connectivity index (χ4n) is 3.17. The van der Waals surface area contributed by atoms with E-state index in [-0.39, 0.29) is 0 Å². The fraction of sp³-hybridized carbons (Fsp3) is 0.200. The molecule has 0 fully saturated rings. The Hall–Kier alpha value is -2.40. The molecule has 25 heavy (non-hydrogen) atoms. The first-order valence-electron chi connectivity index (χ1n) is 8.37. The predicted molar refractivity (Wildman–Crippen MR) is 105 cm³/mol. The maximum Gasteiger partial charge on any atom is 0.136 e. The molecule has 2 aromatic carbocycles. The van der Waals surface area contributed by atoms with Gasteiger partial charge in [0.05, 0.1) is 0 Å². The van der Waals surface area contributed by atoms with Crippen LogP contribution in [0.4, 0.5) is 17.3 Å². The number of aryl methyl sites for hydroxylation is 1. The molecule has 0 radical (unpaired) electrons. The van der Waals surface area contributed by atoms with Gasteiger partial charge in [0.2, 0.25) is 0 Å². The van der Waals surface area contributed by atoms with E-state index in [2.05, 4.69) is 54.3 Å². The van der Waals surface area contributed by atoms with Gasteiger partial charge in [-0.2, -0.15) is 0 Å². The number of halogens is 1. The standard InChI is InChI=1S/C20H19BrN4/c1-14-22-19(24-18-5-3-2-4-6-18)12-20(23-14)25-10-9-15-7-8-17(21)11-16(15)13-25/h2-8,11-12H,9-10,13H2,1H3,(H,22,23,24). The Morgan fingerprint density at radius 2 is 1.84 bits per heavy atom. The zero-order valence-corrected chi connectivity index (χ0v) is 15.6. The number of rotatable bonds is 3. The van der Waals surface area contributed by atoms with E-state index in [1.54, 1.807) is 0 Å². The number of aromatic nitrogens is 2. The molecule has 4 rings (SSSR count). The molecule has 1 aliphatic rings. The Bertz CT molecular complexity index is 895. The summed E-state index contributed by atoms with van der Waals surface area (Å²) in [7, 11) is 0. The van der Waals surface area contributed by atoms with Crippen molar-refractivity contribution in [3.05, 3.63) is 76.0 Å². The first kappa shape index (κ1) is 16.1. The summed E-state index contributed by atoms with van der Waals surface area (Å²) in [5, 5.41) is 3.37. The molecule has 2 heterocycles. The Morgan fingerprint density at radius 3 is 2.68 bits per heavy atom. The van der Waals surface area contributed by atoms with E-state index in [1.165, 1.54) is 11.1 Å². The van der Waals surface area contributed by atoms with Gasteiger partial charge in [0.1, 0.15) is 17.5 Å². The van der Waals surface area contributed by atoms with Crippen molar-refractivity contribution in [2.75, 3.05) is 16.8 Å². The maximum atomic E-state index is 4.66. The van der Waals surface area contributed by atoms with Gasteiger partial charge in [-0.25, -0.2) is 9.97 Å². The monoisotopic (exact) mass is 394 g/mol. The number of hydrogen-bond acceptors (Lipinski definition) is 4. The average molecular weight is 395 g/mol. The van der Waals surface area contributed by atoms with E-state index in [9.17, 15) is 0 Å². The SMILES string of the molecule is Cc1nc(Nc2ccccc2)cc(N2CCc3ccc(Br)cc3C2)n1. The number of fused-ring (bicyclic) bond motifs is 1. The van der Waals surface area contributed by atoms with Gasteiger partial charge in [0.15, 0.2) is 0 Å². The van der Waals surface area contributed by atoms with Crippen molar-refractivity contribution in [3.8, 4) is 0 Å². The fourth-order valence-corrected chi connectivity index (χ4v) is 3.58. The number of anilines is 3. The third kappa shape index (κ3) is 3.66. The molecule has 1 aromatic heterocycles. The lowest BCUT2D eigenvalue weighted by molar-refractivity contribution is 0.717. The lowest BCUT2D eigenvalue weighted by atomic mass is 10.00. The van der Waals surface area contributed by atoms with Crippen molar-refractivity contribution in [2.24, 2.45) is 0 Å². The Morgan fingerprint density at radius 1 is 1.00 bits per heavy atom. The van der Waals surface area contributed by atoms with Crippen molar-refractivity contribution in [2.45, 2.75) is 19.9 Å². The van der Waals surface area contributed by atoms with Crippen LogP contribution in [-0.4, -0.2) is 16.5 Å². The topological polar surface area (TPSA) is 41.1 Å². The second-order valence-corrected chi connectivity index (χ2v) is 7.15. The molecule has 0 unspecified atom stereocenters. The van der Waals surface area contributed by atoms with E-state index in [1.807, 2.05) is 43.3 Å². The van der Waals surface area contributed by atoms with Crippen LogP contribution >= 0.6 is 15.9 Å². The molecule has 0 atom stereocenters. The second kappa shape index (κ2) is 6.84. The number of nitrogens with one attached hydrogen (secondary N) is 1. The van der Waals surface area contributed by atoms with Gasteiger partial charge in [-0.1, -0.05) is 40.2 Å². The Kier molecular flexibility index (Phi) is 4.40. The lowest BCUT2D eigenvalue weighted by Gasteiger charge is -2.30. The zero-order valence-electron chi connectivity index (χ0n) is 14.0. The van der Waals surface area contributed by atoms with Gasteiger partial charge in [-0.3, -0.25) is 0 Å². The summed E-state index contributed by atoms with van der Waals surface area (Å²) >= 11 is 3.57. The molecular weight excluding hydrogens is 376 g/mol. The van der Waals surface area contributed by atoms with Gasteiger partial charge in [-0.05, 0) is 48.7 Å². The lowest BCUT2D eigenvalue weighted by Crippen LogP contribution is -2.31. The van der Waals surface area contributed by atoms with Crippen molar-refractivity contribution in [3.63, 3.8) is 0 Å². The molecule has 0 saturated heterocycles. The highest BCUT2D eigenvalue weighted by atomic mass is 79.9. The van der Waals surface area contributed by atoms with Crippen LogP contribution in [0.15, 0.2) is 59.1 Å². The van der Waals surface area contributed by atoms with Gasteiger partial charge < -0.3 is 10.2 Å². The van der Waals surface area contributed by atoms with Gasteiger partial charge in [-0.15, -0.1) is 0 Å². The minimum absolute atomic E-state index is 0.774. The molecule has 0 bridgehead atoms. The first-order chi connectivity index (χ1) is 12.2. The predicted octanol–water partition coefficient (Wildman–Crippen LogP) is 4.85. The van der Waals surface area contributed by atoms with Crippen LogP contribution in [0.2, 0.25) is 0 Å². The molecule has 0 aliphatic carbocycles. The average Bonchev–Trinajstić information content (AvgIpc) is 2.61. The molecule has 126 valence electrons. The van der Waals surface area contributed by atoms with E-state index < -0.39 is 0 Å². The summed E-state index contributed by atoms with van der Waals surface area (Å²) in [6.07, 6.45) is 1.03. The normalized spacial score (nSPS) is 13.4. The molecule has 0 saturated carbocycles. The molecule has 0 spiro atoms. The van der Waals surface area contributed by atoms with E-state index >= 15 is 0 Å². The minimum Gasteiger partial charge on any atom is -0.352 e. The highest BCUT2D eigenvalue weighted by Gasteiger charge is 2.18. The molecular formula is C20H19BrN4. The highest BCUT2D eigenvalue weighted by molar-refractivity contribution is 9.10. The number of hydrogen-bond donors (Lipinski definition) is 1. The van der Waals surface area contributed by atoms with Crippen LogP contribution in [0.5, 0.6) is 0 Å². The van der Waals surface area contributed by atoms with Crippen LogP contribution in [-0.2, 0) is 13.0 Å². The van der Waals surface area contributed by atoms with Crippen LogP contribution in [0.3, 0.4) is 0 Å². The Balaban J connectivity index is 1.60. The molecule has 1 aliphatic heterocycles. The van der Waals surface area contributed by atoms with Crippen molar-refractivity contribution < 1.29 is 0 Å². The third-order valence-electron chi connectivity index (χ3n) is 4.38. The summed E-state index contributed by atoms with van der Waals surface area (Å²) in [5.41, 5.74) is 3.81. The summed E-state index contributed by atoms with van der Waals surface area (Å²) in [4.78, 5) is 11.5. The molecule has 1 N–H and O–H groups in total. The van der Waals surface area contributed by atoms with E-state index in [0.29, 0.717) is 0 Å². The minimum atomic E-state index is 0.774. The van der Waals surface area contributed by atoms with Crippen LogP contribution in [0.1, 0.15) is 17.0 Å². The van der Waals surface area contributed by atoms with Crippen molar-refractivity contribution in [1.29, 1.82) is 0 Å². The van der Waals surface area contributed by atoms with Gasteiger partial charge in [0, 0.05) is 29.3 Å². The van der Waals surface area contributed by atoms with Crippen LogP contribution in [0.25, 0.3) is 0 Å². The summed E-state index contributed by atoms with van der Waals surface area (Å²) in [6, 6.07) is 18.7. The highest BCUT2D eigenvalue weighted by Crippen LogP contribution is 2.27. The largest absolute Gasteiger partial charge is 0.352 e. The summed E-state index contributed by atoms with van der Waals surface area (Å²) < 4.78 is 1.12. The summed E-state index contributed by atoms with van der Waals surface area (Å²) in [6.45, 7) is 3.78. The quantitative estimate of drug-likeness (QED) is 0.688. The van der Waals surface area contributed by atoms with Gasteiger partial charge >= 0.3 is 0 Å². The van der Waals surface area contributed by atoms with Crippen LogP contribution in [0, 0.1) is 6.92 Å². The molecule has 0 amide bonds. The van der Waals surface area contributed by atoms with Crippen molar-refractivity contribution in [1.82, 2.24) is 9.97 Å². The first-order valence-corrected chi connectivity index (χ1v) is 9.17. The van der Waals surface area contributed by atoms with Crippen LogP contribution < -0.4 is 10.2 Å². The zero-order chi connectivity index (χ0) is 17.2. The van der Waals surface area contributed by atoms with Crippen molar-refractivity contribution >= 4 is 33.3 Å². The third-order valence-corrected chi connectivity index (χ3v) is 4.87. The van der Waals surface area contributed by atoms with E-state index in [0.717, 1.165) is 47.1 Å². The second-order valence-electron chi connectivity index (χ2n) is 6.23. The molecule has 5 heteroatoms. The maximum absolute atomic E-state index is 4.66.